The van der Waals surface area contributed by atoms with E-state index in [1.165, 1.54) is 16.4 Å². The van der Waals surface area contributed by atoms with Gasteiger partial charge < -0.3 is 5.32 Å². The molecule has 1 aromatic carbocycles. The van der Waals surface area contributed by atoms with Gasteiger partial charge in [-0.3, -0.25) is 4.79 Å². The van der Waals surface area contributed by atoms with Crippen molar-refractivity contribution in [1.29, 1.82) is 0 Å². The summed E-state index contributed by atoms with van der Waals surface area (Å²) in [5.41, 5.74) is 0.103. The predicted octanol–water partition coefficient (Wildman–Crippen LogP) is 2.98. The Labute approximate surface area is 144 Å². The molecule has 0 aromatic heterocycles. The molecule has 23 heavy (non-hydrogen) atoms. The lowest BCUT2D eigenvalue weighted by Gasteiger charge is -2.31. The highest BCUT2D eigenvalue weighted by Crippen LogP contribution is 2.24. The molecule has 0 saturated carbocycles. The van der Waals surface area contributed by atoms with E-state index in [0.717, 1.165) is 0 Å². The molecule has 1 N–H and O–H groups in total. The van der Waals surface area contributed by atoms with Crippen LogP contribution >= 0.6 is 15.9 Å². The molecule has 1 aliphatic rings. The molecule has 2 rings (SSSR count). The number of nitrogens with one attached hydrogen (secondary N) is 1. The Bertz CT molecular complexity index is 681. The van der Waals surface area contributed by atoms with Crippen LogP contribution in [0.1, 0.15) is 26.2 Å². The van der Waals surface area contributed by atoms with Crippen LogP contribution in [0.15, 0.2) is 22.7 Å². The standard InChI is InChI=1S/C15H20BrFN2O3S/c1-2-8-23(21,22)19-7-3-4-11(10-19)15(20)18-14-6-5-12(16)9-13(14)17/h5-6,9,11H,2-4,7-8,10H2,1H3,(H,18,20). The molecule has 128 valence electrons. The summed E-state index contributed by atoms with van der Waals surface area (Å²) in [7, 11) is -3.31. The van der Waals surface area contributed by atoms with Gasteiger partial charge in [0.15, 0.2) is 0 Å². The quantitative estimate of drug-likeness (QED) is 0.816. The van der Waals surface area contributed by atoms with Crippen molar-refractivity contribution in [3.63, 3.8) is 0 Å². The molecule has 1 heterocycles. The van der Waals surface area contributed by atoms with Gasteiger partial charge >= 0.3 is 0 Å². The summed E-state index contributed by atoms with van der Waals surface area (Å²) in [4.78, 5) is 12.3. The maximum atomic E-state index is 13.8. The van der Waals surface area contributed by atoms with Crippen molar-refractivity contribution in [2.45, 2.75) is 26.2 Å². The van der Waals surface area contributed by atoms with E-state index in [2.05, 4.69) is 21.2 Å². The van der Waals surface area contributed by atoms with Gasteiger partial charge in [0.2, 0.25) is 15.9 Å². The molecule has 8 heteroatoms. The van der Waals surface area contributed by atoms with Crippen LogP contribution in [0.5, 0.6) is 0 Å². The lowest BCUT2D eigenvalue weighted by molar-refractivity contribution is -0.120. The third-order valence-corrected chi connectivity index (χ3v) is 6.34. The van der Waals surface area contributed by atoms with E-state index in [1.807, 2.05) is 6.92 Å². The highest BCUT2D eigenvalue weighted by Gasteiger charge is 2.32. The van der Waals surface area contributed by atoms with Gasteiger partial charge in [-0.05, 0) is 37.5 Å². The van der Waals surface area contributed by atoms with Crippen LogP contribution in [0.3, 0.4) is 0 Å². The second kappa shape index (κ2) is 7.72. The molecule has 0 bridgehead atoms. The predicted molar refractivity (Wildman–Crippen MR) is 91.1 cm³/mol. The second-order valence-electron chi connectivity index (χ2n) is 5.63. The minimum absolute atomic E-state index is 0.0860. The van der Waals surface area contributed by atoms with Crippen molar-refractivity contribution >= 4 is 37.5 Å². The minimum Gasteiger partial charge on any atom is -0.323 e. The SMILES string of the molecule is CCCS(=O)(=O)N1CCCC(C(=O)Nc2ccc(Br)cc2F)C1. The summed E-state index contributed by atoms with van der Waals surface area (Å²) in [6.07, 6.45) is 1.77. The summed E-state index contributed by atoms with van der Waals surface area (Å²) in [5, 5.41) is 2.55. The maximum absolute atomic E-state index is 13.8. The van der Waals surface area contributed by atoms with Crippen molar-refractivity contribution < 1.29 is 17.6 Å². The number of hydrogen-bond acceptors (Lipinski definition) is 3. The molecule has 1 atom stereocenters. The number of carbonyl (C=O) groups excluding carboxylic acids is 1. The number of sulfonamides is 1. The van der Waals surface area contributed by atoms with Crippen LogP contribution in [-0.2, 0) is 14.8 Å². The lowest BCUT2D eigenvalue weighted by atomic mass is 9.98. The van der Waals surface area contributed by atoms with Gasteiger partial charge in [0.05, 0.1) is 17.4 Å². The van der Waals surface area contributed by atoms with Crippen LogP contribution in [0.25, 0.3) is 0 Å². The van der Waals surface area contributed by atoms with Crippen molar-refractivity contribution in [3.8, 4) is 0 Å². The van der Waals surface area contributed by atoms with Crippen molar-refractivity contribution in [3.05, 3.63) is 28.5 Å². The molecule has 1 unspecified atom stereocenters. The normalized spacial score (nSPS) is 19.5. The van der Waals surface area contributed by atoms with Gasteiger partial charge in [-0.2, -0.15) is 0 Å². The first-order valence-electron chi connectivity index (χ1n) is 7.57. The fraction of sp³-hybridized carbons (Fsp3) is 0.533. The zero-order chi connectivity index (χ0) is 17.0. The fourth-order valence-electron chi connectivity index (χ4n) is 2.62. The molecule has 1 aliphatic heterocycles. The number of nitrogens with zero attached hydrogens (tertiary/aromatic N) is 1. The van der Waals surface area contributed by atoms with Gasteiger partial charge in [-0.25, -0.2) is 17.1 Å². The Morgan fingerprint density at radius 2 is 2.22 bits per heavy atom. The number of piperidine rings is 1. The number of halogens is 2. The molecule has 0 radical (unpaired) electrons. The fourth-order valence-corrected chi connectivity index (χ4v) is 4.54. The zero-order valence-electron chi connectivity index (χ0n) is 12.9. The Balaban J connectivity index is 2.05. The Kier molecular flexibility index (Phi) is 6.16. The average molecular weight is 407 g/mol. The highest BCUT2D eigenvalue weighted by atomic mass is 79.9. The third kappa shape index (κ3) is 4.74. The molecule has 1 aromatic rings. The molecular weight excluding hydrogens is 387 g/mol. The topological polar surface area (TPSA) is 66.5 Å². The lowest BCUT2D eigenvalue weighted by Crippen LogP contribution is -2.44. The zero-order valence-corrected chi connectivity index (χ0v) is 15.3. The van der Waals surface area contributed by atoms with E-state index < -0.39 is 21.8 Å². The molecule has 1 saturated heterocycles. The number of rotatable bonds is 5. The second-order valence-corrected chi connectivity index (χ2v) is 8.63. The number of carbonyl (C=O) groups is 1. The summed E-state index contributed by atoms with van der Waals surface area (Å²) >= 11 is 3.16. The summed E-state index contributed by atoms with van der Waals surface area (Å²) in [6.45, 7) is 2.41. The van der Waals surface area contributed by atoms with Gasteiger partial charge in [-0.1, -0.05) is 22.9 Å². The molecule has 5 nitrogen and oxygen atoms in total. The maximum Gasteiger partial charge on any atom is 0.228 e. The summed E-state index contributed by atoms with van der Waals surface area (Å²) < 4.78 is 40.0. The Morgan fingerprint density at radius 3 is 2.87 bits per heavy atom. The van der Waals surface area contributed by atoms with Crippen LogP contribution < -0.4 is 5.32 Å². The molecular formula is C15H20BrFN2O3S. The van der Waals surface area contributed by atoms with E-state index in [4.69, 9.17) is 0 Å². The smallest absolute Gasteiger partial charge is 0.228 e. The monoisotopic (exact) mass is 406 g/mol. The number of benzene rings is 1. The molecule has 1 fully saturated rings. The van der Waals surface area contributed by atoms with E-state index >= 15 is 0 Å². The molecule has 0 aliphatic carbocycles. The number of anilines is 1. The largest absolute Gasteiger partial charge is 0.323 e. The first kappa shape index (κ1) is 18.4. The van der Waals surface area contributed by atoms with E-state index in [1.54, 1.807) is 6.07 Å². The van der Waals surface area contributed by atoms with Gasteiger partial charge in [-0.15, -0.1) is 0 Å². The van der Waals surface area contributed by atoms with Crippen LogP contribution in [0, 0.1) is 11.7 Å². The van der Waals surface area contributed by atoms with E-state index in [9.17, 15) is 17.6 Å². The highest BCUT2D eigenvalue weighted by molar-refractivity contribution is 9.10. The van der Waals surface area contributed by atoms with Crippen LogP contribution in [0.2, 0.25) is 0 Å². The summed E-state index contributed by atoms with van der Waals surface area (Å²) in [6, 6.07) is 4.39. The summed E-state index contributed by atoms with van der Waals surface area (Å²) in [5.74, 6) is -1.25. The number of hydrogen-bond donors (Lipinski definition) is 1. The van der Waals surface area contributed by atoms with E-state index in [0.29, 0.717) is 30.3 Å². The third-order valence-electron chi connectivity index (χ3n) is 3.80. The van der Waals surface area contributed by atoms with Crippen molar-refractivity contribution in [2.75, 3.05) is 24.2 Å². The van der Waals surface area contributed by atoms with E-state index in [-0.39, 0.29) is 23.9 Å². The Morgan fingerprint density at radius 1 is 1.48 bits per heavy atom. The van der Waals surface area contributed by atoms with Crippen molar-refractivity contribution in [1.82, 2.24) is 4.31 Å². The Hall–Kier alpha value is -0.990. The van der Waals surface area contributed by atoms with Gasteiger partial charge in [0.25, 0.3) is 0 Å². The first-order valence-corrected chi connectivity index (χ1v) is 9.97. The number of amides is 1. The molecule has 1 amide bonds. The van der Waals surface area contributed by atoms with Crippen LogP contribution in [-0.4, -0.2) is 37.5 Å². The van der Waals surface area contributed by atoms with Crippen LogP contribution in [0.4, 0.5) is 10.1 Å². The average Bonchev–Trinajstić information content (AvgIpc) is 2.50. The molecule has 0 spiro atoms. The van der Waals surface area contributed by atoms with Gasteiger partial charge in [0, 0.05) is 17.6 Å². The minimum atomic E-state index is -3.31. The van der Waals surface area contributed by atoms with Crippen molar-refractivity contribution in [2.24, 2.45) is 5.92 Å². The first-order chi connectivity index (χ1) is 10.8. The van der Waals surface area contributed by atoms with Gasteiger partial charge in [0.1, 0.15) is 5.82 Å².